The van der Waals surface area contributed by atoms with Gasteiger partial charge in [0.2, 0.25) is 5.78 Å². The highest BCUT2D eigenvalue weighted by atomic mass is 16.5. The zero-order valence-electron chi connectivity index (χ0n) is 20.4. The number of para-hydroxylation sites is 1. The number of pyridine rings is 1. The van der Waals surface area contributed by atoms with Crippen LogP contribution in [0.15, 0.2) is 64.2 Å². The van der Waals surface area contributed by atoms with Crippen LogP contribution in [-0.2, 0) is 25.3 Å². The van der Waals surface area contributed by atoms with Gasteiger partial charge < -0.3 is 10.5 Å². The molecule has 2 N–H and O–H groups in total. The summed E-state index contributed by atoms with van der Waals surface area (Å²) >= 11 is 0. The van der Waals surface area contributed by atoms with Gasteiger partial charge in [-0.2, -0.15) is 0 Å². The van der Waals surface area contributed by atoms with Gasteiger partial charge in [0.25, 0.3) is 5.56 Å². The quantitative estimate of drug-likeness (QED) is 0.333. The molecule has 1 aliphatic rings. The zero-order valence-corrected chi connectivity index (χ0v) is 20.4. The zero-order chi connectivity index (χ0) is 26.3. The number of allylic oxidation sites excluding steroid dienone is 1. The molecule has 0 radical (unpaired) electrons. The summed E-state index contributed by atoms with van der Waals surface area (Å²) in [6.07, 6.45) is 3.36. The second-order valence-electron chi connectivity index (χ2n) is 8.88. The summed E-state index contributed by atoms with van der Waals surface area (Å²) in [6.45, 7) is -0.700. The highest BCUT2D eigenvalue weighted by Gasteiger charge is 2.29. The van der Waals surface area contributed by atoms with Crippen molar-refractivity contribution >= 4 is 40.1 Å². The number of nitrogens with two attached hydrogens (primary N) is 1. The van der Waals surface area contributed by atoms with Crippen LogP contribution in [0, 0.1) is 0 Å². The van der Waals surface area contributed by atoms with Gasteiger partial charge in [0.15, 0.2) is 6.61 Å². The van der Waals surface area contributed by atoms with E-state index >= 15 is 0 Å². The molecule has 0 amide bonds. The van der Waals surface area contributed by atoms with Crippen LogP contribution in [0.4, 0.5) is 5.82 Å². The smallest absolute Gasteiger partial charge is 0.339 e. The number of carbonyl (C=O) groups is 2. The van der Waals surface area contributed by atoms with Crippen LogP contribution in [-0.4, -0.2) is 32.5 Å². The molecule has 0 saturated carbocycles. The molecular formula is C28H24N4O5. The van der Waals surface area contributed by atoms with Gasteiger partial charge in [0.05, 0.1) is 16.8 Å². The van der Waals surface area contributed by atoms with E-state index in [4.69, 9.17) is 15.5 Å². The number of anilines is 1. The van der Waals surface area contributed by atoms with Crippen LogP contribution >= 0.6 is 0 Å². The number of esters is 1. The first kappa shape index (κ1) is 23.9. The van der Waals surface area contributed by atoms with Crippen molar-refractivity contribution < 1.29 is 14.3 Å². The van der Waals surface area contributed by atoms with E-state index in [0.717, 1.165) is 31.5 Å². The predicted molar refractivity (Wildman–Crippen MR) is 140 cm³/mol. The summed E-state index contributed by atoms with van der Waals surface area (Å²) in [7, 11) is 2.60. The van der Waals surface area contributed by atoms with Crippen LogP contribution in [0.25, 0.3) is 22.6 Å². The van der Waals surface area contributed by atoms with Crippen LogP contribution in [0.1, 0.15) is 44.0 Å². The number of nitrogen functional groups attached to an aromatic ring is 1. The van der Waals surface area contributed by atoms with E-state index in [9.17, 15) is 19.2 Å². The highest BCUT2D eigenvalue weighted by molar-refractivity contribution is 6.08. The molecule has 4 aromatic rings. The van der Waals surface area contributed by atoms with E-state index < -0.39 is 35.2 Å². The first-order chi connectivity index (χ1) is 17.8. The van der Waals surface area contributed by atoms with E-state index in [0.29, 0.717) is 29.3 Å². The molecule has 0 fully saturated rings. The number of fused-ring (bicyclic) bond motifs is 2. The average Bonchev–Trinajstić information content (AvgIpc) is 3.30. The third kappa shape index (κ3) is 4.14. The number of hydrogen-bond donors (Lipinski definition) is 1. The highest BCUT2D eigenvalue weighted by Crippen LogP contribution is 2.37. The summed E-state index contributed by atoms with van der Waals surface area (Å²) < 4.78 is 7.21. The van der Waals surface area contributed by atoms with E-state index in [1.165, 1.54) is 14.1 Å². The van der Waals surface area contributed by atoms with Crippen molar-refractivity contribution in [1.82, 2.24) is 14.1 Å². The molecule has 0 spiro atoms. The first-order valence-electron chi connectivity index (χ1n) is 11.7. The van der Waals surface area contributed by atoms with Gasteiger partial charge in [-0.05, 0) is 41.7 Å². The van der Waals surface area contributed by atoms with E-state index in [1.807, 2.05) is 48.5 Å². The lowest BCUT2D eigenvalue weighted by atomic mass is 10.0. The average molecular weight is 497 g/mol. The Morgan fingerprint density at radius 3 is 2.43 bits per heavy atom. The predicted octanol–water partition coefficient (Wildman–Crippen LogP) is 2.74. The molecule has 0 saturated heterocycles. The number of aromatic nitrogens is 3. The second kappa shape index (κ2) is 9.34. The maximum Gasteiger partial charge on any atom is 0.339 e. The van der Waals surface area contributed by atoms with Crippen molar-refractivity contribution in [3.8, 4) is 0 Å². The minimum absolute atomic E-state index is 0.278. The van der Waals surface area contributed by atoms with Crippen LogP contribution < -0.4 is 17.0 Å². The Kier molecular flexibility index (Phi) is 6.04. The standard InChI is InChI=1S/C28H24N4O5/c1-31-25(29)23(26(34)32(2)28(31)36)21(33)15-37-27(35)22-18-10-6-7-11-20(18)30-24-17(12-13-19(22)24)14-16-8-4-3-5-9-16/h3-11,14H,12-13,15,29H2,1-2H3/b17-14+. The van der Waals surface area contributed by atoms with E-state index in [1.54, 1.807) is 6.07 Å². The Morgan fingerprint density at radius 1 is 0.973 bits per heavy atom. The number of ether oxygens (including phenoxy) is 1. The third-order valence-corrected chi connectivity index (χ3v) is 6.61. The fourth-order valence-electron chi connectivity index (χ4n) is 4.66. The molecular weight excluding hydrogens is 472 g/mol. The lowest BCUT2D eigenvalue weighted by Gasteiger charge is -2.13. The lowest BCUT2D eigenvalue weighted by Crippen LogP contribution is -2.42. The lowest BCUT2D eigenvalue weighted by molar-refractivity contribution is 0.0475. The maximum atomic E-state index is 13.4. The number of ketones is 1. The summed E-state index contributed by atoms with van der Waals surface area (Å²) in [5, 5.41) is 0.622. The van der Waals surface area contributed by atoms with Gasteiger partial charge >= 0.3 is 11.7 Å². The molecule has 37 heavy (non-hydrogen) atoms. The Morgan fingerprint density at radius 2 is 1.68 bits per heavy atom. The Labute approximate surface area is 211 Å². The number of rotatable bonds is 5. The maximum absolute atomic E-state index is 13.4. The minimum Gasteiger partial charge on any atom is -0.454 e. The van der Waals surface area contributed by atoms with E-state index in [-0.39, 0.29) is 5.82 Å². The summed E-state index contributed by atoms with van der Waals surface area (Å²) in [4.78, 5) is 55.7. The molecule has 2 aromatic carbocycles. The monoisotopic (exact) mass is 496 g/mol. The normalized spacial score (nSPS) is 13.6. The van der Waals surface area contributed by atoms with Crippen molar-refractivity contribution in [1.29, 1.82) is 0 Å². The third-order valence-electron chi connectivity index (χ3n) is 6.61. The van der Waals surface area contributed by atoms with Crippen molar-refractivity contribution in [2.45, 2.75) is 12.8 Å². The molecule has 2 aromatic heterocycles. The summed E-state index contributed by atoms with van der Waals surface area (Å²) in [6, 6.07) is 17.1. The molecule has 0 aliphatic heterocycles. The Balaban J connectivity index is 1.51. The summed E-state index contributed by atoms with van der Waals surface area (Å²) in [5.41, 5.74) is 8.51. The largest absolute Gasteiger partial charge is 0.454 e. The fraction of sp³-hybridized carbons (Fsp3) is 0.179. The molecule has 9 nitrogen and oxygen atoms in total. The molecule has 186 valence electrons. The van der Waals surface area contributed by atoms with Crippen molar-refractivity contribution in [3.63, 3.8) is 0 Å². The van der Waals surface area contributed by atoms with Crippen molar-refractivity contribution in [3.05, 3.63) is 103 Å². The van der Waals surface area contributed by atoms with E-state index in [2.05, 4.69) is 6.08 Å². The first-order valence-corrected chi connectivity index (χ1v) is 11.7. The molecule has 5 rings (SSSR count). The molecule has 0 atom stereocenters. The molecule has 9 heteroatoms. The van der Waals surface area contributed by atoms with Gasteiger partial charge in [-0.15, -0.1) is 0 Å². The van der Waals surface area contributed by atoms with Crippen LogP contribution in [0.2, 0.25) is 0 Å². The van der Waals surface area contributed by atoms with Gasteiger partial charge in [0.1, 0.15) is 11.4 Å². The molecule has 2 heterocycles. The number of benzene rings is 2. The molecule has 0 bridgehead atoms. The molecule has 0 unspecified atom stereocenters. The topological polar surface area (TPSA) is 126 Å². The Hall–Kier alpha value is -4.79. The van der Waals surface area contributed by atoms with Gasteiger partial charge in [0, 0.05) is 19.5 Å². The summed E-state index contributed by atoms with van der Waals surface area (Å²) in [5.74, 6) is -1.76. The fourth-order valence-corrected chi connectivity index (χ4v) is 4.66. The number of carbonyl (C=O) groups excluding carboxylic acids is 2. The number of Topliss-reactive ketones (excluding diaryl/α,β-unsaturated/α-hetero) is 1. The Bertz CT molecular complexity index is 1730. The second-order valence-corrected chi connectivity index (χ2v) is 8.88. The van der Waals surface area contributed by atoms with Gasteiger partial charge in [-0.3, -0.25) is 18.7 Å². The number of nitrogens with zero attached hydrogens (tertiary/aromatic N) is 3. The minimum atomic E-state index is -0.840. The molecule has 1 aliphatic carbocycles. The number of hydrogen-bond acceptors (Lipinski definition) is 7. The van der Waals surface area contributed by atoms with Gasteiger partial charge in [-0.1, -0.05) is 48.5 Å². The van der Waals surface area contributed by atoms with Crippen molar-refractivity contribution in [2.75, 3.05) is 12.3 Å². The van der Waals surface area contributed by atoms with Crippen molar-refractivity contribution in [2.24, 2.45) is 14.1 Å². The SMILES string of the molecule is Cn1c(N)c(C(=O)COC(=O)c2c3c(nc4ccccc24)/C(=C/c2ccccc2)CC3)c(=O)n(C)c1=O. The van der Waals surface area contributed by atoms with Crippen LogP contribution in [0.3, 0.4) is 0 Å². The van der Waals surface area contributed by atoms with Gasteiger partial charge in [-0.25, -0.2) is 14.6 Å². The van der Waals surface area contributed by atoms with Crippen LogP contribution in [0.5, 0.6) is 0 Å².